The van der Waals surface area contributed by atoms with Gasteiger partial charge in [-0.25, -0.2) is 9.97 Å². The first-order chi connectivity index (χ1) is 12.9. The highest BCUT2D eigenvalue weighted by Gasteiger charge is 2.38. The predicted octanol–water partition coefficient (Wildman–Crippen LogP) is 2.97. The van der Waals surface area contributed by atoms with Crippen LogP contribution in [-0.2, 0) is 6.18 Å². The standard InChI is InChI=1S/C15H14F3N7O2/c1-8-21-12(26-23-8)10-4-2-3-5-25(10)14-19-6-9(7-20-14)11-22-13(27-24-11)15(16,17)18/h6-7,10H,2-5H2,1H3. The van der Waals surface area contributed by atoms with E-state index >= 15 is 0 Å². The van der Waals surface area contributed by atoms with Crippen LogP contribution < -0.4 is 4.90 Å². The van der Waals surface area contributed by atoms with Crippen LogP contribution in [0.4, 0.5) is 19.1 Å². The van der Waals surface area contributed by atoms with Gasteiger partial charge >= 0.3 is 12.1 Å². The van der Waals surface area contributed by atoms with Gasteiger partial charge in [0.1, 0.15) is 6.04 Å². The molecule has 0 bridgehead atoms. The van der Waals surface area contributed by atoms with E-state index in [-0.39, 0.29) is 17.4 Å². The fourth-order valence-corrected chi connectivity index (χ4v) is 2.92. The Labute approximate surface area is 150 Å². The molecule has 0 amide bonds. The first kappa shape index (κ1) is 17.4. The third kappa shape index (κ3) is 3.46. The summed E-state index contributed by atoms with van der Waals surface area (Å²) in [7, 11) is 0. The van der Waals surface area contributed by atoms with E-state index in [0.29, 0.717) is 24.2 Å². The van der Waals surface area contributed by atoms with Crippen LogP contribution in [-0.4, -0.2) is 36.8 Å². The van der Waals surface area contributed by atoms with E-state index in [0.717, 1.165) is 19.3 Å². The van der Waals surface area contributed by atoms with E-state index in [1.165, 1.54) is 12.4 Å². The number of hydrogen-bond acceptors (Lipinski definition) is 9. The van der Waals surface area contributed by atoms with Gasteiger partial charge < -0.3 is 13.9 Å². The lowest BCUT2D eigenvalue weighted by Crippen LogP contribution is -2.34. The summed E-state index contributed by atoms with van der Waals surface area (Å²) < 4.78 is 47.2. The van der Waals surface area contributed by atoms with Crippen LogP contribution in [0.3, 0.4) is 0 Å². The molecule has 0 aromatic carbocycles. The van der Waals surface area contributed by atoms with E-state index in [4.69, 9.17) is 4.52 Å². The highest BCUT2D eigenvalue weighted by atomic mass is 19.4. The third-order valence-corrected chi connectivity index (χ3v) is 4.15. The van der Waals surface area contributed by atoms with Crippen LogP contribution in [0.5, 0.6) is 0 Å². The second-order valence-electron chi connectivity index (χ2n) is 6.08. The lowest BCUT2D eigenvalue weighted by molar-refractivity contribution is -0.159. The van der Waals surface area contributed by atoms with Crippen molar-refractivity contribution in [3.8, 4) is 11.4 Å². The summed E-state index contributed by atoms with van der Waals surface area (Å²) in [6.45, 7) is 2.44. The number of hydrogen-bond donors (Lipinski definition) is 0. The van der Waals surface area contributed by atoms with Crippen molar-refractivity contribution in [3.05, 3.63) is 30.0 Å². The number of piperidine rings is 1. The minimum Gasteiger partial charge on any atom is -0.337 e. The average Bonchev–Trinajstić information content (AvgIpc) is 3.31. The maximum absolute atomic E-state index is 12.6. The van der Waals surface area contributed by atoms with Gasteiger partial charge in [-0.2, -0.15) is 23.1 Å². The summed E-state index contributed by atoms with van der Waals surface area (Å²) in [5, 5.41) is 7.15. The predicted molar refractivity (Wildman–Crippen MR) is 83.3 cm³/mol. The quantitative estimate of drug-likeness (QED) is 0.676. The number of anilines is 1. The first-order valence-corrected chi connectivity index (χ1v) is 8.22. The summed E-state index contributed by atoms with van der Waals surface area (Å²) in [6.07, 6.45) is 0.788. The van der Waals surface area contributed by atoms with Gasteiger partial charge in [0.15, 0.2) is 5.82 Å². The zero-order valence-electron chi connectivity index (χ0n) is 14.1. The van der Waals surface area contributed by atoms with Crippen LogP contribution in [0.25, 0.3) is 11.4 Å². The molecule has 0 saturated carbocycles. The van der Waals surface area contributed by atoms with Crippen molar-refractivity contribution in [2.24, 2.45) is 0 Å². The molecule has 27 heavy (non-hydrogen) atoms. The highest BCUT2D eigenvalue weighted by molar-refractivity contribution is 5.52. The Kier molecular flexibility index (Phi) is 4.24. The van der Waals surface area contributed by atoms with Crippen molar-refractivity contribution in [3.63, 3.8) is 0 Å². The van der Waals surface area contributed by atoms with Gasteiger partial charge in [-0.3, -0.25) is 0 Å². The van der Waals surface area contributed by atoms with Gasteiger partial charge in [0.25, 0.3) is 0 Å². The Balaban J connectivity index is 1.58. The molecule has 3 aromatic heterocycles. The minimum absolute atomic E-state index is 0.146. The number of alkyl halides is 3. The fraction of sp³-hybridized carbons (Fsp3) is 0.467. The Morgan fingerprint density at radius 2 is 1.85 bits per heavy atom. The molecule has 4 rings (SSSR count). The SMILES string of the molecule is Cc1noc(C2CCCCN2c2ncc(-c3noc(C(F)(F)F)n3)cn2)n1. The minimum atomic E-state index is -4.70. The van der Waals surface area contributed by atoms with Crippen LogP contribution >= 0.6 is 0 Å². The Morgan fingerprint density at radius 1 is 1.07 bits per heavy atom. The molecule has 0 N–H and O–H groups in total. The van der Waals surface area contributed by atoms with Gasteiger partial charge in [-0.1, -0.05) is 10.3 Å². The second-order valence-corrected chi connectivity index (χ2v) is 6.08. The maximum atomic E-state index is 12.6. The largest absolute Gasteiger partial charge is 0.471 e. The molecule has 4 heterocycles. The van der Waals surface area contributed by atoms with Crippen LogP contribution in [0, 0.1) is 6.92 Å². The lowest BCUT2D eigenvalue weighted by atomic mass is 10.0. The van der Waals surface area contributed by atoms with Gasteiger partial charge in [0, 0.05) is 18.9 Å². The average molecular weight is 381 g/mol. The zero-order valence-corrected chi connectivity index (χ0v) is 14.1. The first-order valence-electron chi connectivity index (χ1n) is 8.22. The molecule has 9 nitrogen and oxygen atoms in total. The van der Waals surface area contributed by atoms with Crippen molar-refractivity contribution in [1.29, 1.82) is 0 Å². The summed E-state index contributed by atoms with van der Waals surface area (Å²) in [4.78, 5) is 18.1. The number of aryl methyl sites for hydroxylation is 1. The monoisotopic (exact) mass is 381 g/mol. The van der Waals surface area contributed by atoms with Crippen molar-refractivity contribution < 1.29 is 22.2 Å². The van der Waals surface area contributed by atoms with Crippen molar-refractivity contribution in [2.45, 2.75) is 38.4 Å². The highest BCUT2D eigenvalue weighted by Crippen LogP contribution is 2.33. The van der Waals surface area contributed by atoms with Crippen molar-refractivity contribution >= 4 is 5.95 Å². The molecule has 1 saturated heterocycles. The van der Waals surface area contributed by atoms with Crippen LogP contribution in [0.1, 0.15) is 42.9 Å². The van der Waals surface area contributed by atoms with E-state index in [1.807, 2.05) is 4.90 Å². The molecule has 1 fully saturated rings. The van der Waals surface area contributed by atoms with Gasteiger partial charge in [0.2, 0.25) is 17.7 Å². The summed E-state index contributed by atoms with van der Waals surface area (Å²) in [6, 6.07) is -0.146. The summed E-state index contributed by atoms with van der Waals surface area (Å²) in [5.74, 6) is -0.183. The molecular weight excluding hydrogens is 367 g/mol. The lowest BCUT2D eigenvalue weighted by Gasteiger charge is -2.33. The molecular formula is C15H14F3N7O2. The number of aromatic nitrogens is 6. The molecule has 0 radical (unpaired) electrons. The summed E-state index contributed by atoms with van der Waals surface area (Å²) >= 11 is 0. The van der Waals surface area contributed by atoms with E-state index in [2.05, 4.69) is 34.8 Å². The molecule has 0 aliphatic carbocycles. The van der Waals surface area contributed by atoms with Crippen molar-refractivity contribution in [1.82, 2.24) is 30.2 Å². The number of nitrogens with zero attached hydrogens (tertiary/aromatic N) is 7. The smallest absolute Gasteiger partial charge is 0.337 e. The van der Waals surface area contributed by atoms with Gasteiger partial charge in [-0.15, -0.1) is 0 Å². The molecule has 1 aliphatic rings. The number of rotatable bonds is 3. The summed E-state index contributed by atoms with van der Waals surface area (Å²) in [5.41, 5.74) is 0.222. The van der Waals surface area contributed by atoms with Crippen LogP contribution in [0.15, 0.2) is 21.4 Å². The topological polar surface area (TPSA) is 107 Å². The van der Waals surface area contributed by atoms with E-state index < -0.39 is 12.1 Å². The normalized spacial score (nSPS) is 18.1. The molecule has 142 valence electrons. The molecule has 12 heteroatoms. The molecule has 1 atom stereocenters. The maximum Gasteiger partial charge on any atom is 0.471 e. The Hall–Kier alpha value is -3.05. The molecule has 1 unspecified atom stereocenters. The van der Waals surface area contributed by atoms with Crippen molar-refractivity contribution in [2.75, 3.05) is 11.4 Å². The zero-order chi connectivity index (χ0) is 19.0. The molecule has 0 spiro atoms. The van der Waals surface area contributed by atoms with E-state index in [9.17, 15) is 13.2 Å². The van der Waals surface area contributed by atoms with E-state index in [1.54, 1.807) is 6.92 Å². The fourth-order valence-electron chi connectivity index (χ4n) is 2.92. The second kappa shape index (κ2) is 6.59. The number of halogens is 3. The van der Waals surface area contributed by atoms with Gasteiger partial charge in [0.05, 0.1) is 5.56 Å². The Bertz CT molecular complexity index is 922. The molecule has 3 aromatic rings. The van der Waals surface area contributed by atoms with Gasteiger partial charge in [-0.05, 0) is 26.2 Å². The third-order valence-electron chi connectivity index (χ3n) is 4.15. The molecule has 1 aliphatic heterocycles. The van der Waals surface area contributed by atoms with Crippen LogP contribution in [0.2, 0.25) is 0 Å². The Morgan fingerprint density at radius 3 is 2.48 bits per heavy atom.